The van der Waals surface area contributed by atoms with Crippen LogP contribution in [0, 0.1) is 5.92 Å². The van der Waals surface area contributed by atoms with Gasteiger partial charge in [-0.2, -0.15) is 5.10 Å². The largest absolute Gasteiger partial charge is 0.314 e. The van der Waals surface area contributed by atoms with Crippen molar-refractivity contribution in [2.24, 2.45) is 13.0 Å². The number of aromatic nitrogens is 2. The Bertz CT molecular complexity index is 343. The van der Waals surface area contributed by atoms with Crippen molar-refractivity contribution in [3.8, 4) is 0 Å². The van der Waals surface area contributed by atoms with Crippen molar-refractivity contribution in [1.29, 1.82) is 0 Å². The van der Waals surface area contributed by atoms with E-state index in [-0.39, 0.29) is 0 Å². The fraction of sp³-hybridized carbons (Fsp3) is 0.786. The zero-order valence-electron chi connectivity index (χ0n) is 11.3. The van der Waals surface area contributed by atoms with Crippen LogP contribution in [0.4, 0.5) is 0 Å². The van der Waals surface area contributed by atoms with E-state index in [0.717, 1.165) is 12.5 Å². The lowest BCUT2D eigenvalue weighted by molar-refractivity contribution is 0.289. The Hall–Kier alpha value is -0.830. The fourth-order valence-corrected chi connectivity index (χ4v) is 2.91. The highest BCUT2D eigenvalue weighted by molar-refractivity contribution is 5.13. The predicted octanol–water partition coefficient (Wildman–Crippen LogP) is 2.69. The number of hydrogen-bond donors (Lipinski definition) is 1. The molecule has 3 heteroatoms. The summed E-state index contributed by atoms with van der Waals surface area (Å²) in [5.41, 5.74) is 1.43. The number of hydrogen-bond acceptors (Lipinski definition) is 2. The van der Waals surface area contributed by atoms with Gasteiger partial charge in [0.2, 0.25) is 0 Å². The van der Waals surface area contributed by atoms with Gasteiger partial charge in [-0.3, -0.25) is 4.68 Å². The first-order chi connectivity index (χ1) is 8.16. The first-order valence-corrected chi connectivity index (χ1v) is 6.88. The van der Waals surface area contributed by atoms with E-state index < -0.39 is 0 Å². The summed E-state index contributed by atoms with van der Waals surface area (Å²) >= 11 is 0. The zero-order chi connectivity index (χ0) is 12.3. The van der Waals surface area contributed by atoms with Crippen LogP contribution in [0.15, 0.2) is 12.4 Å². The molecule has 1 aromatic rings. The minimum atomic E-state index is 0.589. The molecule has 0 amide bonds. The van der Waals surface area contributed by atoms with Crippen LogP contribution < -0.4 is 5.32 Å². The third-order valence-corrected chi connectivity index (χ3v) is 3.85. The average Bonchev–Trinajstić information content (AvgIpc) is 2.73. The van der Waals surface area contributed by atoms with E-state index in [9.17, 15) is 0 Å². The molecule has 3 nitrogen and oxygen atoms in total. The van der Waals surface area contributed by atoms with E-state index in [2.05, 4.69) is 36.7 Å². The molecule has 1 aromatic heterocycles. The van der Waals surface area contributed by atoms with Crippen LogP contribution in [0.25, 0.3) is 0 Å². The van der Waals surface area contributed by atoms with Crippen molar-refractivity contribution in [2.45, 2.75) is 51.5 Å². The smallest absolute Gasteiger partial charge is 0.0524 e. The third kappa shape index (κ3) is 3.32. The summed E-state index contributed by atoms with van der Waals surface area (Å²) in [6, 6.07) is 0.589. The van der Waals surface area contributed by atoms with Crippen LogP contribution in [0.5, 0.6) is 0 Å². The van der Waals surface area contributed by atoms with Crippen LogP contribution >= 0.6 is 0 Å². The van der Waals surface area contributed by atoms with Gasteiger partial charge in [-0.1, -0.05) is 26.7 Å². The molecule has 0 aromatic carbocycles. The topological polar surface area (TPSA) is 29.9 Å². The third-order valence-electron chi connectivity index (χ3n) is 3.85. The summed E-state index contributed by atoms with van der Waals surface area (Å²) in [6.07, 6.45) is 9.70. The number of aryl methyl sites for hydroxylation is 1. The standard InChI is InChI=1S/C14H25N3/c1-11(2)15-8-12-6-4-5-7-14(12)13-9-16-17(3)10-13/h9-12,14-15H,4-8H2,1-3H3. The average molecular weight is 235 g/mol. The molecule has 17 heavy (non-hydrogen) atoms. The molecule has 1 fully saturated rings. The Morgan fingerprint density at radius 2 is 2.18 bits per heavy atom. The Balaban J connectivity index is 2.01. The molecule has 1 aliphatic carbocycles. The lowest BCUT2D eigenvalue weighted by Crippen LogP contribution is -2.33. The second kappa shape index (κ2) is 5.67. The van der Waals surface area contributed by atoms with E-state index in [0.29, 0.717) is 12.0 Å². The van der Waals surface area contributed by atoms with Crippen LogP contribution in [0.1, 0.15) is 51.0 Å². The lowest BCUT2D eigenvalue weighted by Gasteiger charge is -2.31. The first-order valence-electron chi connectivity index (χ1n) is 6.88. The zero-order valence-corrected chi connectivity index (χ0v) is 11.3. The van der Waals surface area contributed by atoms with Crippen molar-refractivity contribution >= 4 is 0 Å². The van der Waals surface area contributed by atoms with E-state index in [1.807, 2.05) is 11.7 Å². The minimum absolute atomic E-state index is 0.589. The molecular formula is C14H25N3. The highest BCUT2D eigenvalue weighted by Crippen LogP contribution is 2.37. The van der Waals surface area contributed by atoms with Gasteiger partial charge in [0.1, 0.15) is 0 Å². The summed E-state index contributed by atoms with van der Waals surface area (Å²) in [7, 11) is 2.01. The molecule has 2 rings (SSSR count). The molecule has 0 saturated heterocycles. The molecular weight excluding hydrogens is 210 g/mol. The van der Waals surface area contributed by atoms with Gasteiger partial charge < -0.3 is 5.32 Å². The summed E-state index contributed by atoms with van der Waals surface area (Å²) in [5, 5.41) is 7.91. The highest BCUT2D eigenvalue weighted by atomic mass is 15.2. The molecule has 1 saturated carbocycles. The molecule has 0 radical (unpaired) electrons. The maximum atomic E-state index is 4.32. The minimum Gasteiger partial charge on any atom is -0.314 e. The molecule has 96 valence electrons. The lowest BCUT2D eigenvalue weighted by atomic mass is 9.76. The van der Waals surface area contributed by atoms with Crippen LogP contribution in [0.2, 0.25) is 0 Å². The van der Waals surface area contributed by atoms with Gasteiger partial charge in [0, 0.05) is 19.3 Å². The Kier molecular flexibility index (Phi) is 4.21. The molecule has 2 unspecified atom stereocenters. The van der Waals surface area contributed by atoms with Gasteiger partial charge in [-0.25, -0.2) is 0 Å². The van der Waals surface area contributed by atoms with Gasteiger partial charge in [-0.05, 0) is 36.8 Å². The predicted molar refractivity (Wildman–Crippen MR) is 71.0 cm³/mol. The molecule has 1 aliphatic rings. The summed E-state index contributed by atoms with van der Waals surface area (Å²) < 4.78 is 1.93. The fourth-order valence-electron chi connectivity index (χ4n) is 2.91. The van der Waals surface area contributed by atoms with E-state index >= 15 is 0 Å². The Morgan fingerprint density at radius 3 is 2.82 bits per heavy atom. The van der Waals surface area contributed by atoms with Crippen LogP contribution in [-0.2, 0) is 7.05 Å². The normalized spacial score (nSPS) is 25.4. The number of rotatable bonds is 4. The molecule has 1 N–H and O–H groups in total. The quantitative estimate of drug-likeness (QED) is 0.869. The molecule has 2 atom stereocenters. The van der Waals surface area contributed by atoms with Crippen molar-refractivity contribution in [3.63, 3.8) is 0 Å². The van der Waals surface area contributed by atoms with Gasteiger partial charge in [0.25, 0.3) is 0 Å². The van der Waals surface area contributed by atoms with Crippen molar-refractivity contribution in [3.05, 3.63) is 18.0 Å². The SMILES string of the molecule is CC(C)NCC1CCCCC1c1cnn(C)c1. The summed E-state index contributed by atoms with van der Waals surface area (Å²) in [6.45, 7) is 5.60. The van der Waals surface area contributed by atoms with Crippen LogP contribution in [-0.4, -0.2) is 22.4 Å². The second-order valence-electron chi connectivity index (χ2n) is 5.66. The molecule has 0 bridgehead atoms. The van der Waals surface area contributed by atoms with E-state index in [1.165, 1.54) is 31.2 Å². The van der Waals surface area contributed by atoms with E-state index in [1.54, 1.807) is 0 Å². The molecule has 1 heterocycles. The Morgan fingerprint density at radius 1 is 1.41 bits per heavy atom. The maximum Gasteiger partial charge on any atom is 0.0524 e. The van der Waals surface area contributed by atoms with Crippen LogP contribution in [0.3, 0.4) is 0 Å². The van der Waals surface area contributed by atoms with Gasteiger partial charge in [0.15, 0.2) is 0 Å². The second-order valence-corrected chi connectivity index (χ2v) is 5.66. The number of nitrogens with zero attached hydrogens (tertiary/aromatic N) is 2. The highest BCUT2D eigenvalue weighted by Gasteiger charge is 2.27. The first kappa shape index (κ1) is 12.6. The number of nitrogens with one attached hydrogen (secondary N) is 1. The molecule has 0 aliphatic heterocycles. The Labute approximate surface area is 105 Å². The summed E-state index contributed by atoms with van der Waals surface area (Å²) in [5.74, 6) is 1.50. The van der Waals surface area contributed by atoms with Crippen molar-refractivity contribution in [1.82, 2.24) is 15.1 Å². The van der Waals surface area contributed by atoms with Gasteiger partial charge in [-0.15, -0.1) is 0 Å². The van der Waals surface area contributed by atoms with Crippen molar-refractivity contribution < 1.29 is 0 Å². The van der Waals surface area contributed by atoms with E-state index in [4.69, 9.17) is 0 Å². The molecule has 0 spiro atoms. The monoisotopic (exact) mass is 235 g/mol. The summed E-state index contributed by atoms with van der Waals surface area (Å²) in [4.78, 5) is 0. The van der Waals surface area contributed by atoms with Gasteiger partial charge in [0.05, 0.1) is 6.20 Å². The van der Waals surface area contributed by atoms with Gasteiger partial charge >= 0.3 is 0 Å². The maximum absolute atomic E-state index is 4.32. The van der Waals surface area contributed by atoms with Crippen molar-refractivity contribution in [2.75, 3.05) is 6.54 Å².